The quantitative estimate of drug-likeness (QED) is 0.507. The first-order chi connectivity index (χ1) is 13.3. The van der Waals surface area contributed by atoms with Crippen molar-refractivity contribution < 1.29 is 33.3 Å². The Bertz CT molecular complexity index is 859. The summed E-state index contributed by atoms with van der Waals surface area (Å²) in [6, 6.07) is 11.4. The van der Waals surface area contributed by atoms with Crippen LogP contribution in [0.15, 0.2) is 36.4 Å². The summed E-state index contributed by atoms with van der Waals surface area (Å²) < 4.78 is 20.3. The molecule has 0 saturated heterocycles. The Hall–Kier alpha value is -3.09. The fourth-order valence-corrected chi connectivity index (χ4v) is 2.64. The Labute approximate surface area is 163 Å². The second-order valence-corrected chi connectivity index (χ2v) is 6.36. The molecular weight excluding hydrogens is 364 g/mol. The Morgan fingerprint density at radius 1 is 0.893 bits per heavy atom. The molecule has 2 aromatic carbocycles. The van der Waals surface area contributed by atoms with Crippen LogP contribution in [0.2, 0.25) is 0 Å². The van der Waals surface area contributed by atoms with E-state index in [0.717, 1.165) is 22.1 Å². The third-order valence-electron chi connectivity index (χ3n) is 4.14. The molecule has 0 aliphatic rings. The largest absolute Gasteiger partial charge is 0.497 e. The van der Waals surface area contributed by atoms with E-state index in [9.17, 15) is 14.4 Å². The number of carbonyl (C=O) groups excluding carboxylic acids is 3. The molecule has 0 saturated carbocycles. The summed E-state index contributed by atoms with van der Waals surface area (Å²) in [6.07, 6.45) is -0.846. The zero-order valence-corrected chi connectivity index (χ0v) is 16.4. The van der Waals surface area contributed by atoms with Gasteiger partial charge in [0, 0.05) is 13.8 Å². The predicted molar refractivity (Wildman–Crippen MR) is 102 cm³/mol. The van der Waals surface area contributed by atoms with E-state index in [1.165, 1.54) is 13.8 Å². The SMILES string of the molecule is COc1ccc2cc(C(C)C(=O)OCC(COC(C)=O)OC(C)=O)ccc2c1. The third-order valence-corrected chi connectivity index (χ3v) is 4.14. The maximum atomic E-state index is 12.4. The Morgan fingerprint density at radius 2 is 1.54 bits per heavy atom. The van der Waals surface area contributed by atoms with E-state index in [4.69, 9.17) is 18.9 Å². The second kappa shape index (κ2) is 9.73. The van der Waals surface area contributed by atoms with Crippen molar-refractivity contribution in [1.29, 1.82) is 0 Å². The van der Waals surface area contributed by atoms with Crippen LogP contribution in [0, 0.1) is 0 Å². The highest BCUT2D eigenvalue weighted by Crippen LogP contribution is 2.25. The molecule has 0 aliphatic heterocycles. The lowest BCUT2D eigenvalue weighted by atomic mass is 9.98. The average molecular weight is 388 g/mol. The fourth-order valence-electron chi connectivity index (χ4n) is 2.64. The Balaban J connectivity index is 2.03. The van der Waals surface area contributed by atoms with E-state index in [0.29, 0.717) is 0 Å². The standard InChI is InChI=1S/C21H24O7/c1-13(16-5-6-18-10-19(25-4)8-7-17(18)9-16)21(24)27-12-20(28-15(3)23)11-26-14(2)22/h5-10,13,20H,11-12H2,1-4H3. The molecule has 2 aromatic rings. The van der Waals surface area contributed by atoms with Gasteiger partial charge in [0.2, 0.25) is 0 Å². The van der Waals surface area contributed by atoms with Crippen molar-refractivity contribution in [3.8, 4) is 5.75 Å². The van der Waals surface area contributed by atoms with Gasteiger partial charge in [0.15, 0.2) is 6.10 Å². The summed E-state index contributed by atoms with van der Waals surface area (Å²) >= 11 is 0. The van der Waals surface area contributed by atoms with Gasteiger partial charge in [-0.15, -0.1) is 0 Å². The number of hydrogen-bond donors (Lipinski definition) is 0. The van der Waals surface area contributed by atoms with Crippen LogP contribution in [0.4, 0.5) is 0 Å². The molecule has 0 aromatic heterocycles. The first-order valence-electron chi connectivity index (χ1n) is 8.85. The number of benzene rings is 2. The number of esters is 3. The van der Waals surface area contributed by atoms with Crippen molar-refractivity contribution in [1.82, 2.24) is 0 Å². The van der Waals surface area contributed by atoms with Crippen molar-refractivity contribution in [3.63, 3.8) is 0 Å². The smallest absolute Gasteiger partial charge is 0.313 e. The summed E-state index contributed by atoms with van der Waals surface area (Å²) in [5.74, 6) is -1.28. The fraction of sp³-hybridized carbons (Fsp3) is 0.381. The second-order valence-electron chi connectivity index (χ2n) is 6.36. The lowest BCUT2D eigenvalue weighted by Crippen LogP contribution is -2.30. The highest BCUT2D eigenvalue weighted by Gasteiger charge is 2.21. The van der Waals surface area contributed by atoms with Gasteiger partial charge in [0.05, 0.1) is 13.0 Å². The lowest BCUT2D eigenvalue weighted by molar-refractivity contribution is -0.165. The summed E-state index contributed by atoms with van der Waals surface area (Å²) in [7, 11) is 1.61. The van der Waals surface area contributed by atoms with Crippen LogP contribution >= 0.6 is 0 Å². The molecule has 0 N–H and O–H groups in total. The van der Waals surface area contributed by atoms with E-state index in [1.54, 1.807) is 14.0 Å². The molecule has 0 heterocycles. The molecule has 7 heteroatoms. The lowest BCUT2D eigenvalue weighted by Gasteiger charge is -2.18. The number of fused-ring (bicyclic) bond motifs is 1. The van der Waals surface area contributed by atoms with Crippen molar-refractivity contribution in [2.24, 2.45) is 0 Å². The van der Waals surface area contributed by atoms with E-state index in [-0.39, 0.29) is 13.2 Å². The number of ether oxygens (including phenoxy) is 4. The molecule has 2 unspecified atom stereocenters. The van der Waals surface area contributed by atoms with Crippen LogP contribution in [-0.4, -0.2) is 44.3 Å². The Morgan fingerprint density at radius 3 is 2.18 bits per heavy atom. The molecule has 0 spiro atoms. The normalized spacial score (nSPS) is 12.7. The van der Waals surface area contributed by atoms with Gasteiger partial charge in [0.25, 0.3) is 0 Å². The molecule has 7 nitrogen and oxygen atoms in total. The van der Waals surface area contributed by atoms with E-state index >= 15 is 0 Å². The first kappa shape index (κ1) is 21.2. The first-order valence-corrected chi connectivity index (χ1v) is 8.85. The van der Waals surface area contributed by atoms with Crippen LogP contribution in [0.1, 0.15) is 32.3 Å². The minimum absolute atomic E-state index is 0.172. The van der Waals surface area contributed by atoms with Crippen LogP contribution in [-0.2, 0) is 28.6 Å². The zero-order chi connectivity index (χ0) is 20.7. The van der Waals surface area contributed by atoms with Gasteiger partial charge in [-0.05, 0) is 35.4 Å². The van der Waals surface area contributed by atoms with Gasteiger partial charge in [-0.3, -0.25) is 14.4 Å². The molecule has 2 rings (SSSR count). The molecular formula is C21H24O7. The predicted octanol–water partition coefficient (Wildman–Crippen LogP) is 2.99. The molecule has 28 heavy (non-hydrogen) atoms. The zero-order valence-electron chi connectivity index (χ0n) is 16.4. The molecule has 2 atom stereocenters. The van der Waals surface area contributed by atoms with Crippen LogP contribution < -0.4 is 4.74 Å². The van der Waals surface area contributed by atoms with Crippen LogP contribution in [0.25, 0.3) is 10.8 Å². The van der Waals surface area contributed by atoms with Gasteiger partial charge in [-0.2, -0.15) is 0 Å². The van der Waals surface area contributed by atoms with Crippen molar-refractivity contribution >= 4 is 28.7 Å². The van der Waals surface area contributed by atoms with Crippen molar-refractivity contribution in [2.75, 3.05) is 20.3 Å². The van der Waals surface area contributed by atoms with Gasteiger partial charge in [-0.25, -0.2) is 0 Å². The highest BCUT2D eigenvalue weighted by atomic mass is 16.6. The molecule has 0 radical (unpaired) electrons. The van der Waals surface area contributed by atoms with Crippen molar-refractivity contribution in [3.05, 3.63) is 42.0 Å². The average Bonchev–Trinajstić information content (AvgIpc) is 2.67. The van der Waals surface area contributed by atoms with E-state index in [2.05, 4.69) is 0 Å². The number of rotatable bonds is 8. The maximum Gasteiger partial charge on any atom is 0.313 e. The third kappa shape index (κ3) is 5.97. The Kier molecular flexibility index (Phi) is 7.37. The molecule has 0 aliphatic carbocycles. The molecule has 0 bridgehead atoms. The maximum absolute atomic E-state index is 12.4. The minimum atomic E-state index is -0.846. The summed E-state index contributed by atoms with van der Waals surface area (Å²) in [4.78, 5) is 34.5. The summed E-state index contributed by atoms with van der Waals surface area (Å²) in [6.45, 7) is 3.85. The number of hydrogen-bond acceptors (Lipinski definition) is 7. The van der Waals surface area contributed by atoms with Gasteiger partial charge in [-0.1, -0.05) is 24.3 Å². The summed E-state index contributed by atoms with van der Waals surface area (Å²) in [5.41, 5.74) is 0.798. The van der Waals surface area contributed by atoms with Crippen LogP contribution in [0.5, 0.6) is 5.75 Å². The molecule has 0 amide bonds. The summed E-state index contributed by atoms with van der Waals surface area (Å²) in [5, 5.41) is 1.98. The van der Waals surface area contributed by atoms with Gasteiger partial charge < -0.3 is 18.9 Å². The van der Waals surface area contributed by atoms with E-state index in [1.807, 2.05) is 36.4 Å². The minimum Gasteiger partial charge on any atom is -0.497 e. The molecule has 0 fully saturated rings. The monoisotopic (exact) mass is 388 g/mol. The molecule has 150 valence electrons. The van der Waals surface area contributed by atoms with Crippen LogP contribution in [0.3, 0.4) is 0 Å². The van der Waals surface area contributed by atoms with Gasteiger partial charge >= 0.3 is 17.9 Å². The van der Waals surface area contributed by atoms with E-state index < -0.39 is 29.9 Å². The highest BCUT2D eigenvalue weighted by molar-refractivity contribution is 5.86. The number of methoxy groups -OCH3 is 1. The topological polar surface area (TPSA) is 88.1 Å². The van der Waals surface area contributed by atoms with Crippen molar-refractivity contribution in [2.45, 2.75) is 32.8 Å². The number of carbonyl (C=O) groups is 3. The van der Waals surface area contributed by atoms with Gasteiger partial charge in [0.1, 0.15) is 19.0 Å².